The highest BCUT2D eigenvalue weighted by Crippen LogP contribution is 2.54. The highest BCUT2D eigenvalue weighted by atomic mass is 19.1. The first-order valence-corrected chi connectivity index (χ1v) is 10.7. The number of imide groups is 1. The largest absolute Gasteiger partial charge is 0.370 e. The molecular formula is C24H23FN4O4. The smallest absolute Gasteiger partial charge is 0.250 e. The third-order valence-corrected chi connectivity index (χ3v) is 7.19. The van der Waals surface area contributed by atoms with Crippen molar-refractivity contribution in [3.05, 3.63) is 64.5 Å². The van der Waals surface area contributed by atoms with E-state index in [2.05, 4.69) is 10.6 Å². The second-order valence-corrected chi connectivity index (χ2v) is 9.01. The summed E-state index contributed by atoms with van der Waals surface area (Å²) in [5.74, 6) is -4.44. The summed E-state index contributed by atoms with van der Waals surface area (Å²) in [6.45, 7) is 3.75. The number of hydrogen-bond acceptors (Lipinski definition) is 5. The number of carbonyl (C=O) groups excluding carboxylic acids is 4. The molecule has 3 heterocycles. The van der Waals surface area contributed by atoms with Crippen LogP contribution in [0.2, 0.25) is 0 Å². The van der Waals surface area contributed by atoms with E-state index in [9.17, 15) is 23.6 Å². The van der Waals surface area contributed by atoms with E-state index in [1.165, 1.54) is 24.3 Å². The van der Waals surface area contributed by atoms with Crippen molar-refractivity contribution in [1.29, 1.82) is 0 Å². The number of halogens is 1. The van der Waals surface area contributed by atoms with Gasteiger partial charge < -0.3 is 11.1 Å². The van der Waals surface area contributed by atoms with Crippen LogP contribution in [-0.2, 0) is 31.3 Å². The fourth-order valence-corrected chi connectivity index (χ4v) is 5.50. The molecule has 9 heteroatoms. The lowest BCUT2D eigenvalue weighted by Gasteiger charge is -2.29. The van der Waals surface area contributed by atoms with Crippen molar-refractivity contribution < 1.29 is 23.6 Å². The van der Waals surface area contributed by atoms with Gasteiger partial charge in [0.1, 0.15) is 11.4 Å². The van der Waals surface area contributed by atoms with E-state index in [4.69, 9.17) is 5.73 Å². The van der Waals surface area contributed by atoms with E-state index in [1.54, 1.807) is 6.07 Å². The van der Waals surface area contributed by atoms with Crippen LogP contribution in [0.15, 0.2) is 36.4 Å². The van der Waals surface area contributed by atoms with Gasteiger partial charge >= 0.3 is 0 Å². The Morgan fingerprint density at radius 2 is 1.79 bits per heavy atom. The third-order valence-electron chi connectivity index (χ3n) is 7.19. The minimum absolute atomic E-state index is 0.0499. The maximum Gasteiger partial charge on any atom is 0.250 e. The summed E-state index contributed by atoms with van der Waals surface area (Å²) in [4.78, 5) is 53.4. The number of primary amides is 1. The predicted molar refractivity (Wildman–Crippen MR) is 116 cm³/mol. The molecule has 0 aromatic heterocycles. The molecule has 8 nitrogen and oxygen atoms in total. The summed E-state index contributed by atoms with van der Waals surface area (Å²) in [7, 11) is 0. The summed E-state index contributed by atoms with van der Waals surface area (Å²) in [6, 6.07) is 8.39. The Kier molecular flexibility index (Phi) is 4.65. The molecule has 4 amide bonds. The first-order chi connectivity index (χ1) is 15.6. The Hall–Kier alpha value is -3.59. The Balaban J connectivity index is 1.61. The van der Waals surface area contributed by atoms with Gasteiger partial charge in [-0.2, -0.15) is 0 Å². The number of anilines is 1. The van der Waals surface area contributed by atoms with E-state index in [0.717, 1.165) is 16.0 Å². The lowest BCUT2D eigenvalue weighted by Crippen LogP contribution is -2.53. The number of nitrogens with two attached hydrogens (primary N) is 1. The number of likely N-dealkylation sites (tertiary alicyclic amines) is 1. The monoisotopic (exact) mass is 450 g/mol. The van der Waals surface area contributed by atoms with Gasteiger partial charge in [-0.3, -0.25) is 29.4 Å². The van der Waals surface area contributed by atoms with Crippen LogP contribution in [0, 0.1) is 31.5 Å². The van der Waals surface area contributed by atoms with Crippen LogP contribution < -0.4 is 16.4 Å². The Morgan fingerprint density at radius 3 is 2.45 bits per heavy atom. The standard InChI is InChI=1S/C24H23FN4O4/c1-11-3-8-15-20(12(11)2)27-23(33)24(15)19-18(16(28-24)9-17(26)30)21(31)29(22(19)32)10-13-4-6-14(25)7-5-13/h3-8,16,18-19,28H,9-10H2,1-2H3,(H2,26,30)(H,27,33)/t16-,18-,19+,24+/m1/s1. The zero-order chi connectivity index (χ0) is 23.7. The molecule has 2 aromatic rings. The molecule has 3 aliphatic rings. The van der Waals surface area contributed by atoms with Crippen molar-refractivity contribution in [2.75, 3.05) is 5.32 Å². The van der Waals surface area contributed by atoms with Gasteiger partial charge in [0.15, 0.2) is 0 Å². The molecule has 3 aliphatic heterocycles. The summed E-state index contributed by atoms with van der Waals surface area (Å²) in [5.41, 5.74) is 7.58. The normalized spacial score (nSPS) is 27.8. The number of rotatable bonds is 4. The summed E-state index contributed by atoms with van der Waals surface area (Å²) in [6.07, 6.45) is -0.195. The van der Waals surface area contributed by atoms with E-state index >= 15 is 0 Å². The molecule has 0 aliphatic carbocycles. The SMILES string of the molecule is Cc1ccc2c(c1C)NC(=O)[C@]21N[C@H](CC(N)=O)[C@H]2C(=O)N(Cc3ccc(F)cc3)C(=O)[C@H]21. The number of fused-ring (bicyclic) bond motifs is 4. The molecule has 0 saturated carbocycles. The average Bonchev–Trinajstić information content (AvgIpc) is 3.33. The number of aryl methyl sites for hydroxylation is 1. The average molecular weight is 450 g/mol. The van der Waals surface area contributed by atoms with Crippen molar-refractivity contribution in [2.45, 2.75) is 38.4 Å². The maximum absolute atomic E-state index is 13.7. The maximum atomic E-state index is 13.7. The second-order valence-electron chi connectivity index (χ2n) is 9.01. The zero-order valence-corrected chi connectivity index (χ0v) is 18.1. The molecule has 4 atom stereocenters. The number of nitrogens with zero attached hydrogens (tertiary/aromatic N) is 1. The van der Waals surface area contributed by atoms with Crippen molar-refractivity contribution in [3.63, 3.8) is 0 Å². The fraction of sp³-hybridized carbons (Fsp3) is 0.333. The number of hydrogen-bond donors (Lipinski definition) is 3. The van der Waals surface area contributed by atoms with Gasteiger partial charge in [0.05, 0.1) is 18.4 Å². The van der Waals surface area contributed by atoms with E-state index in [1.807, 2.05) is 19.9 Å². The van der Waals surface area contributed by atoms with Crippen molar-refractivity contribution in [3.8, 4) is 0 Å². The van der Waals surface area contributed by atoms with E-state index in [0.29, 0.717) is 16.8 Å². The molecule has 4 N–H and O–H groups in total. The summed E-state index contributed by atoms with van der Waals surface area (Å²) >= 11 is 0. The van der Waals surface area contributed by atoms with Gasteiger partial charge in [-0.1, -0.05) is 24.3 Å². The van der Waals surface area contributed by atoms with Crippen LogP contribution in [0.1, 0.15) is 28.7 Å². The first kappa shape index (κ1) is 21.3. The lowest BCUT2D eigenvalue weighted by atomic mass is 9.76. The molecule has 5 rings (SSSR count). The fourth-order valence-electron chi connectivity index (χ4n) is 5.50. The molecule has 0 bridgehead atoms. The van der Waals surface area contributed by atoms with Gasteiger partial charge in [0.25, 0.3) is 0 Å². The Morgan fingerprint density at radius 1 is 1.09 bits per heavy atom. The van der Waals surface area contributed by atoms with Gasteiger partial charge in [0, 0.05) is 23.7 Å². The van der Waals surface area contributed by atoms with Crippen LogP contribution in [0.4, 0.5) is 10.1 Å². The molecule has 170 valence electrons. The summed E-state index contributed by atoms with van der Waals surface area (Å²) < 4.78 is 13.3. The van der Waals surface area contributed by atoms with Gasteiger partial charge in [-0.15, -0.1) is 0 Å². The van der Waals surface area contributed by atoms with E-state index in [-0.39, 0.29) is 13.0 Å². The van der Waals surface area contributed by atoms with Crippen LogP contribution in [0.5, 0.6) is 0 Å². The molecule has 1 spiro atoms. The van der Waals surface area contributed by atoms with Gasteiger partial charge in [-0.05, 0) is 42.7 Å². The highest BCUT2D eigenvalue weighted by molar-refractivity contribution is 6.15. The predicted octanol–water partition coefficient (Wildman–Crippen LogP) is 1.24. The van der Waals surface area contributed by atoms with Crippen LogP contribution >= 0.6 is 0 Å². The molecule has 2 fully saturated rings. The molecule has 33 heavy (non-hydrogen) atoms. The quantitative estimate of drug-likeness (QED) is 0.605. The van der Waals surface area contributed by atoms with Crippen molar-refractivity contribution >= 4 is 29.3 Å². The lowest BCUT2D eigenvalue weighted by molar-refractivity contribution is -0.143. The molecule has 0 unspecified atom stereocenters. The first-order valence-electron chi connectivity index (χ1n) is 10.7. The number of nitrogens with one attached hydrogen (secondary N) is 2. The molecule has 0 radical (unpaired) electrons. The minimum atomic E-state index is -1.48. The number of benzene rings is 2. The Labute approximate surface area is 189 Å². The number of amides is 4. The van der Waals surface area contributed by atoms with Crippen LogP contribution in [-0.4, -0.2) is 34.6 Å². The van der Waals surface area contributed by atoms with Crippen LogP contribution in [0.25, 0.3) is 0 Å². The topological polar surface area (TPSA) is 122 Å². The van der Waals surface area contributed by atoms with Crippen molar-refractivity contribution in [1.82, 2.24) is 10.2 Å². The number of carbonyl (C=O) groups is 4. The Bertz CT molecular complexity index is 1230. The second kappa shape index (κ2) is 7.21. The van der Waals surface area contributed by atoms with Crippen LogP contribution in [0.3, 0.4) is 0 Å². The summed E-state index contributed by atoms with van der Waals surface area (Å²) in [5, 5.41) is 6.06. The molecular weight excluding hydrogens is 427 g/mol. The highest BCUT2D eigenvalue weighted by Gasteiger charge is 2.70. The van der Waals surface area contributed by atoms with Gasteiger partial charge in [-0.25, -0.2) is 4.39 Å². The zero-order valence-electron chi connectivity index (χ0n) is 18.1. The molecule has 2 aromatic carbocycles. The van der Waals surface area contributed by atoms with E-state index < -0.39 is 52.9 Å². The van der Waals surface area contributed by atoms with Gasteiger partial charge in [0.2, 0.25) is 23.6 Å². The van der Waals surface area contributed by atoms with Crippen molar-refractivity contribution in [2.24, 2.45) is 17.6 Å². The third kappa shape index (κ3) is 2.92. The molecule has 2 saturated heterocycles. The minimum Gasteiger partial charge on any atom is -0.370 e.